The van der Waals surface area contributed by atoms with Crippen LogP contribution in [0.25, 0.3) is 0 Å². The minimum Gasteiger partial charge on any atom is -0.464 e. The number of anilines is 1. The van der Waals surface area contributed by atoms with Crippen LogP contribution in [0.1, 0.15) is 53.9 Å². The van der Waals surface area contributed by atoms with Crippen LogP contribution in [-0.4, -0.2) is 52.9 Å². The lowest BCUT2D eigenvalue weighted by molar-refractivity contribution is -0.134. The second kappa shape index (κ2) is 10.4. The number of nitrogens with zero attached hydrogens (tertiary/aromatic N) is 2. The fourth-order valence-corrected chi connectivity index (χ4v) is 5.83. The number of thiophene rings is 1. The molecule has 0 spiro atoms. The molecule has 176 valence electrons. The lowest BCUT2D eigenvalue weighted by atomic mass is 9.84. The van der Waals surface area contributed by atoms with Gasteiger partial charge in [0.15, 0.2) is 10.8 Å². The first-order valence-corrected chi connectivity index (χ1v) is 12.7. The summed E-state index contributed by atoms with van der Waals surface area (Å²) >= 11 is 2.61. The van der Waals surface area contributed by atoms with Crippen molar-refractivity contribution in [1.29, 1.82) is 0 Å². The molecule has 11 heteroatoms. The van der Waals surface area contributed by atoms with Crippen molar-refractivity contribution in [2.45, 2.75) is 57.0 Å². The maximum absolute atomic E-state index is 13.3. The molecule has 33 heavy (non-hydrogen) atoms. The number of carbonyl (C=O) groups excluding carboxylic acids is 4. The number of urea groups is 1. The molecular formula is C22H26N4O5S2. The Labute approximate surface area is 199 Å². The van der Waals surface area contributed by atoms with E-state index in [-0.39, 0.29) is 16.7 Å². The van der Waals surface area contributed by atoms with Crippen molar-refractivity contribution in [3.63, 3.8) is 0 Å². The Hall–Kier alpha value is -2.79. The third kappa shape index (κ3) is 5.41. The average molecular weight is 491 g/mol. The van der Waals surface area contributed by atoms with Gasteiger partial charge in [0.25, 0.3) is 5.91 Å². The van der Waals surface area contributed by atoms with E-state index >= 15 is 0 Å². The van der Waals surface area contributed by atoms with Crippen LogP contribution in [0.5, 0.6) is 0 Å². The number of carbonyl (C=O) groups is 4. The molecule has 2 aromatic rings. The highest BCUT2D eigenvalue weighted by atomic mass is 32.1. The zero-order valence-corrected chi connectivity index (χ0v) is 19.9. The molecule has 4 rings (SSSR count). The van der Waals surface area contributed by atoms with E-state index < -0.39 is 35.9 Å². The fraction of sp³-hybridized carbons (Fsp3) is 0.500. The average Bonchev–Trinajstić information content (AvgIpc) is 3.55. The molecule has 2 N–H and O–H groups in total. The summed E-state index contributed by atoms with van der Waals surface area (Å²) in [5.74, 6) is -1.21. The molecule has 3 heterocycles. The first kappa shape index (κ1) is 23.4. The number of thiazole rings is 1. The van der Waals surface area contributed by atoms with E-state index in [1.807, 2.05) is 17.5 Å². The Bertz CT molecular complexity index is 1020. The van der Waals surface area contributed by atoms with Crippen LogP contribution < -0.4 is 10.6 Å². The molecule has 1 aliphatic carbocycles. The minimum absolute atomic E-state index is 0.0904. The summed E-state index contributed by atoms with van der Waals surface area (Å²) in [5.41, 5.74) is 0.0904. The molecule has 4 amide bonds. The number of ether oxygens (including phenoxy) is 1. The number of aromatic nitrogens is 1. The van der Waals surface area contributed by atoms with Gasteiger partial charge in [-0.2, -0.15) is 0 Å². The van der Waals surface area contributed by atoms with E-state index in [4.69, 9.17) is 0 Å². The van der Waals surface area contributed by atoms with Gasteiger partial charge >= 0.3 is 12.0 Å². The van der Waals surface area contributed by atoms with Crippen molar-refractivity contribution in [3.8, 4) is 0 Å². The SMILES string of the molecule is COC(=O)c1csc(NC(=O)C(CC2CCCCC2)N2C(=O)N[C@@H](Cc3cccs3)C2=O)n1. The number of nitrogens with one attached hydrogen (secondary N) is 2. The van der Waals surface area contributed by atoms with Gasteiger partial charge in [0, 0.05) is 16.7 Å². The van der Waals surface area contributed by atoms with Gasteiger partial charge < -0.3 is 15.4 Å². The topological polar surface area (TPSA) is 118 Å². The Morgan fingerprint density at radius 2 is 2.06 bits per heavy atom. The van der Waals surface area contributed by atoms with Crippen molar-refractivity contribution in [2.75, 3.05) is 12.4 Å². The number of esters is 1. The van der Waals surface area contributed by atoms with E-state index in [1.54, 1.807) is 0 Å². The van der Waals surface area contributed by atoms with Crippen molar-refractivity contribution in [2.24, 2.45) is 5.92 Å². The summed E-state index contributed by atoms with van der Waals surface area (Å²) in [4.78, 5) is 57.2. The molecule has 1 unspecified atom stereocenters. The second-order valence-corrected chi connectivity index (χ2v) is 10.2. The van der Waals surface area contributed by atoms with Gasteiger partial charge in [-0.1, -0.05) is 38.2 Å². The predicted octanol–water partition coefficient (Wildman–Crippen LogP) is 3.43. The van der Waals surface area contributed by atoms with Crippen molar-refractivity contribution < 1.29 is 23.9 Å². The number of rotatable bonds is 8. The molecule has 2 atom stereocenters. The van der Waals surface area contributed by atoms with Crippen LogP contribution in [0.15, 0.2) is 22.9 Å². The fourth-order valence-electron chi connectivity index (χ4n) is 4.40. The summed E-state index contributed by atoms with van der Waals surface area (Å²) in [5, 5.41) is 9.07. The van der Waals surface area contributed by atoms with Crippen molar-refractivity contribution in [3.05, 3.63) is 33.5 Å². The highest BCUT2D eigenvalue weighted by molar-refractivity contribution is 7.14. The number of imide groups is 1. The molecule has 1 saturated carbocycles. The van der Waals surface area contributed by atoms with Gasteiger partial charge in [-0.25, -0.2) is 19.5 Å². The molecule has 0 radical (unpaired) electrons. The standard InChI is InChI=1S/C22H26N4O5S2/c1-31-20(29)16-12-33-21(23-16)25-18(27)17(10-13-6-3-2-4-7-13)26-19(28)15(24-22(26)30)11-14-8-5-9-32-14/h5,8-9,12-13,15,17H,2-4,6-7,10-11H2,1H3,(H,24,30)(H,23,25,27)/t15-,17?/m0/s1. The summed E-state index contributed by atoms with van der Waals surface area (Å²) in [6, 6.07) is 1.63. The van der Waals surface area contributed by atoms with E-state index in [1.165, 1.54) is 23.8 Å². The van der Waals surface area contributed by atoms with Crippen molar-refractivity contribution >= 4 is 51.6 Å². The Morgan fingerprint density at radius 1 is 1.27 bits per heavy atom. The molecule has 1 saturated heterocycles. The summed E-state index contributed by atoms with van der Waals surface area (Å²) in [6.07, 6.45) is 6.06. The van der Waals surface area contributed by atoms with Gasteiger partial charge in [-0.3, -0.25) is 9.59 Å². The van der Waals surface area contributed by atoms with E-state index in [0.717, 1.165) is 53.2 Å². The number of hydrogen-bond donors (Lipinski definition) is 2. The lowest BCUT2D eigenvalue weighted by Crippen LogP contribution is -2.49. The molecule has 0 aromatic carbocycles. The highest BCUT2D eigenvalue weighted by Gasteiger charge is 2.45. The Morgan fingerprint density at radius 3 is 2.76 bits per heavy atom. The third-order valence-corrected chi connectivity index (χ3v) is 7.72. The molecular weight excluding hydrogens is 464 g/mol. The van der Waals surface area contributed by atoms with Gasteiger partial charge in [0.1, 0.15) is 12.1 Å². The van der Waals surface area contributed by atoms with Crippen LogP contribution in [0, 0.1) is 5.92 Å². The van der Waals surface area contributed by atoms with Crippen LogP contribution in [0.4, 0.5) is 9.93 Å². The summed E-state index contributed by atoms with van der Waals surface area (Å²) in [7, 11) is 1.25. The molecule has 1 aliphatic heterocycles. The second-order valence-electron chi connectivity index (χ2n) is 8.27. The smallest absolute Gasteiger partial charge is 0.357 e. The van der Waals surface area contributed by atoms with E-state index in [2.05, 4.69) is 20.4 Å². The van der Waals surface area contributed by atoms with Crippen LogP contribution in [0.2, 0.25) is 0 Å². The number of hydrogen-bond acceptors (Lipinski definition) is 8. The normalized spacial score (nSPS) is 19.9. The van der Waals surface area contributed by atoms with Gasteiger partial charge in [-0.15, -0.1) is 22.7 Å². The van der Waals surface area contributed by atoms with Gasteiger partial charge in [0.2, 0.25) is 5.91 Å². The number of amides is 4. The highest BCUT2D eigenvalue weighted by Crippen LogP contribution is 2.31. The molecule has 2 aromatic heterocycles. The van der Waals surface area contributed by atoms with Crippen LogP contribution in [-0.2, 0) is 20.7 Å². The maximum Gasteiger partial charge on any atom is 0.357 e. The first-order valence-electron chi connectivity index (χ1n) is 11.0. The summed E-state index contributed by atoms with van der Waals surface area (Å²) < 4.78 is 4.65. The van der Waals surface area contributed by atoms with Crippen LogP contribution >= 0.6 is 22.7 Å². The molecule has 0 bridgehead atoms. The quantitative estimate of drug-likeness (QED) is 0.432. The maximum atomic E-state index is 13.3. The Kier molecular flexibility index (Phi) is 7.39. The largest absolute Gasteiger partial charge is 0.464 e. The third-order valence-electron chi connectivity index (χ3n) is 6.06. The molecule has 2 fully saturated rings. The first-order chi connectivity index (χ1) is 16.0. The van der Waals surface area contributed by atoms with E-state index in [0.29, 0.717) is 12.8 Å². The van der Waals surface area contributed by atoms with E-state index in [9.17, 15) is 19.2 Å². The Balaban J connectivity index is 1.52. The molecule has 2 aliphatic rings. The molecule has 9 nitrogen and oxygen atoms in total. The monoisotopic (exact) mass is 490 g/mol. The zero-order valence-electron chi connectivity index (χ0n) is 18.2. The predicted molar refractivity (Wildman–Crippen MR) is 124 cm³/mol. The summed E-state index contributed by atoms with van der Waals surface area (Å²) in [6.45, 7) is 0. The zero-order chi connectivity index (χ0) is 23.4. The number of methoxy groups -OCH3 is 1. The van der Waals surface area contributed by atoms with Crippen molar-refractivity contribution in [1.82, 2.24) is 15.2 Å². The minimum atomic E-state index is -0.945. The lowest BCUT2D eigenvalue weighted by Gasteiger charge is -2.30. The van der Waals surface area contributed by atoms with Gasteiger partial charge in [-0.05, 0) is 23.8 Å². The van der Waals surface area contributed by atoms with Crippen LogP contribution in [0.3, 0.4) is 0 Å². The van der Waals surface area contributed by atoms with Gasteiger partial charge in [0.05, 0.1) is 7.11 Å².